The van der Waals surface area contributed by atoms with E-state index in [1.54, 1.807) is 53.2 Å². The number of amides is 2. The van der Waals surface area contributed by atoms with Gasteiger partial charge in [0, 0.05) is 22.6 Å². The molecule has 0 fully saturated rings. The molecule has 3 aromatic rings. The highest BCUT2D eigenvalue weighted by atomic mass is 16.5. The summed E-state index contributed by atoms with van der Waals surface area (Å²) in [6.45, 7) is 6.09. The van der Waals surface area contributed by atoms with E-state index in [1.807, 2.05) is 39.0 Å². The van der Waals surface area contributed by atoms with Crippen molar-refractivity contribution < 1.29 is 14.3 Å². The molecule has 0 bridgehead atoms. The molecule has 32 heavy (non-hydrogen) atoms. The summed E-state index contributed by atoms with van der Waals surface area (Å²) < 4.78 is 7.03. The Bertz CT molecular complexity index is 1190. The second kappa shape index (κ2) is 10.1. The number of ether oxygens (including phenoxy) is 1. The molecule has 7 heteroatoms. The molecular weight excluding hydrogens is 404 g/mol. The first-order chi connectivity index (χ1) is 15.4. The third kappa shape index (κ3) is 5.24. The Kier molecular flexibility index (Phi) is 7.09. The lowest BCUT2D eigenvalue weighted by molar-refractivity contribution is -0.112. The molecule has 0 aliphatic rings. The zero-order valence-corrected chi connectivity index (χ0v) is 18.2. The van der Waals surface area contributed by atoms with E-state index >= 15 is 0 Å². The minimum atomic E-state index is -0.519. The summed E-state index contributed by atoms with van der Waals surface area (Å²) in [6.07, 6.45) is 1.51. The molecule has 1 heterocycles. The number of aryl methyl sites for hydroxylation is 1. The predicted molar refractivity (Wildman–Crippen MR) is 124 cm³/mol. The highest BCUT2D eigenvalue weighted by Gasteiger charge is 2.15. The van der Waals surface area contributed by atoms with Gasteiger partial charge >= 0.3 is 0 Å². The van der Waals surface area contributed by atoms with Gasteiger partial charge in [0.2, 0.25) is 0 Å². The molecule has 2 amide bonds. The van der Waals surface area contributed by atoms with E-state index in [0.717, 1.165) is 5.69 Å². The van der Waals surface area contributed by atoms with Crippen LogP contribution in [0.5, 0.6) is 5.75 Å². The molecule has 0 unspecified atom stereocenters. The van der Waals surface area contributed by atoms with Gasteiger partial charge < -0.3 is 10.1 Å². The quantitative estimate of drug-likeness (QED) is 0.430. The fraction of sp³-hybridized carbons (Fsp3) is 0.160. The average molecular weight is 428 g/mol. The van der Waals surface area contributed by atoms with E-state index in [4.69, 9.17) is 4.74 Å². The summed E-state index contributed by atoms with van der Waals surface area (Å²) in [5, 5.41) is 12.3. The number of nitriles is 1. The lowest BCUT2D eigenvalue weighted by Gasteiger charge is -2.11. The maximum atomic E-state index is 12.6. The minimum absolute atomic E-state index is 0.0477. The highest BCUT2D eigenvalue weighted by molar-refractivity contribution is 6.09. The van der Waals surface area contributed by atoms with Crippen molar-refractivity contribution >= 4 is 23.6 Å². The lowest BCUT2D eigenvalue weighted by atomic mass is 10.1. The van der Waals surface area contributed by atoms with Crippen molar-refractivity contribution in [1.82, 2.24) is 4.68 Å². The second-order valence-electron chi connectivity index (χ2n) is 7.05. The Morgan fingerprint density at radius 2 is 1.78 bits per heavy atom. The van der Waals surface area contributed by atoms with Crippen molar-refractivity contribution in [1.29, 1.82) is 5.26 Å². The van der Waals surface area contributed by atoms with E-state index in [2.05, 4.69) is 10.7 Å². The van der Waals surface area contributed by atoms with Crippen LogP contribution in [0.1, 0.15) is 34.2 Å². The van der Waals surface area contributed by atoms with Crippen LogP contribution in [0, 0.1) is 25.2 Å². The van der Waals surface area contributed by atoms with Crippen LogP contribution in [0.2, 0.25) is 0 Å². The van der Waals surface area contributed by atoms with E-state index in [9.17, 15) is 14.9 Å². The summed E-state index contributed by atoms with van der Waals surface area (Å²) >= 11 is 0. The van der Waals surface area contributed by atoms with Crippen LogP contribution in [0.3, 0.4) is 0 Å². The summed E-state index contributed by atoms with van der Waals surface area (Å²) in [7, 11) is 0. The molecular formula is C25H24N4O3. The molecule has 7 nitrogen and oxygen atoms in total. The molecule has 3 rings (SSSR count). The van der Waals surface area contributed by atoms with Gasteiger partial charge in [0.05, 0.1) is 6.61 Å². The average Bonchev–Trinajstić information content (AvgIpc) is 3.06. The second-order valence-corrected chi connectivity index (χ2v) is 7.05. The lowest BCUT2D eigenvalue weighted by Crippen LogP contribution is -2.24. The van der Waals surface area contributed by atoms with Crippen molar-refractivity contribution in [3.8, 4) is 11.8 Å². The number of carbonyl (C=O) groups is 2. The number of hydrogen-bond donors (Lipinski definition) is 2. The fourth-order valence-electron chi connectivity index (χ4n) is 3.17. The number of benzene rings is 2. The Morgan fingerprint density at radius 3 is 2.41 bits per heavy atom. The van der Waals surface area contributed by atoms with Crippen molar-refractivity contribution in [2.45, 2.75) is 20.8 Å². The molecule has 0 aliphatic heterocycles. The van der Waals surface area contributed by atoms with Gasteiger partial charge in [-0.2, -0.15) is 5.26 Å². The first-order valence-corrected chi connectivity index (χ1v) is 10.1. The zero-order chi connectivity index (χ0) is 23.1. The fourth-order valence-corrected chi connectivity index (χ4v) is 3.17. The van der Waals surface area contributed by atoms with Crippen LogP contribution in [-0.2, 0) is 4.79 Å². The van der Waals surface area contributed by atoms with Crippen LogP contribution < -0.4 is 15.5 Å². The maximum Gasteiger partial charge on any atom is 0.270 e. The largest absolute Gasteiger partial charge is 0.494 e. The third-order valence-corrected chi connectivity index (χ3v) is 4.81. The van der Waals surface area contributed by atoms with Gasteiger partial charge in [-0.15, -0.1) is 0 Å². The molecule has 162 valence electrons. The molecule has 0 saturated carbocycles. The first kappa shape index (κ1) is 22.4. The number of carbonyl (C=O) groups excluding carboxylic acids is 2. The Balaban J connectivity index is 1.78. The molecule has 0 spiro atoms. The SMILES string of the molecule is CCOc1ccc(NC(=O)/C(C#N)=C\c2cc(C)n(NC(=O)c3ccccc3)c2C)cc1. The van der Waals surface area contributed by atoms with Crippen molar-refractivity contribution in [2.75, 3.05) is 17.3 Å². The monoisotopic (exact) mass is 428 g/mol. The number of hydrogen-bond acceptors (Lipinski definition) is 4. The Hall–Kier alpha value is -4.31. The van der Waals surface area contributed by atoms with Gasteiger partial charge in [0.15, 0.2) is 0 Å². The van der Waals surface area contributed by atoms with Crippen molar-refractivity contribution in [3.05, 3.63) is 88.8 Å². The molecule has 0 saturated heterocycles. The first-order valence-electron chi connectivity index (χ1n) is 10.1. The van der Waals surface area contributed by atoms with Gasteiger partial charge in [-0.25, -0.2) is 0 Å². The van der Waals surface area contributed by atoms with Gasteiger partial charge in [0.25, 0.3) is 11.8 Å². The molecule has 2 aromatic carbocycles. The molecule has 0 atom stereocenters. The number of nitrogens with zero attached hydrogens (tertiary/aromatic N) is 2. The summed E-state index contributed by atoms with van der Waals surface area (Å²) in [6, 6.07) is 19.6. The summed E-state index contributed by atoms with van der Waals surface area (Å²) in [5.74, 6) is -0.0713. The minimum Gasteiger partial charge on any atom is -0.494 e. The van der Waals surface area contributed by atoms with Crippen LogP contribution in [0.25, 0.3) is 6.08 Å². The number of anilines is 1. The topological polar surface area (TPSA) is 96.2 Å². The third-order valence-electron chi connectivity index (χ3n) is 4.81. The van der Waals surface area contributed by atoms with E-state index in [1.165, 1.54) is 6.08 Å². The zero-order valence-electron chi connectivity index (χ0n) is 18.2. The van der Waals surface area contributed by atoms with E-state index < -0.39 is 5.91 Å². The Morgan fingerprint density at radius 1 is 1.09 bits per heavy atom. The van der Waals surface area contributed by atoms with Crippen LogP contribution >= 0.6 is 0 Å². The van der Waals surface area contributed by atoms with Crippen LogP contribution in [-0.4, -0.2) is 23.1 Å². The molecule has 1 aromatic heterocycles. The van der Waals surface area contributed by atoms with Crippen molar-refractivity contribution in [2.24, 2.45) is 0 Å². The van der Waals surface area contributed by atoms with Crippen LogP contribution in [0.4, 0.5) is 5.69 Å². The van der Waals surface area contributed by atoms with E-state index in [-0.39, 0.29) is 11.5 Å². The molecule has 0 radical (unpaired) electrons. The van der Waals surface area contributed by atoms with Gasteiger partial charge in [0.1, 0.15) is 17.4 Å². The smallest absolute Gasteiger partial charge is 0.270 e. The summed E-state index contributed by atoms with van der Waals surface area (Å²) in [4.78, 5) is 25.1. The maximum absolute atomic E-state index is 12.6. The Labute approximate surface area is 186 Å². The highest BCUT2D eigenvalue weighted by Crippen LogP contribution is 2.20. The molecule has 0 aliphatic carbocycles. The number of rotatable bonds is 7. The van der Waals surface area contributed by atoms with Gasteiger partial charge in [-0.3, -0.25) is 19.7 Å². The van der Waals surface area contributed by atoms with E-state index in [0.29, 0.717) is 34.9 Å². The predicted octanol–water partition coefficient (Wildman–Crippen LogP) is 4.43. The standard InChI is InChI=1S/C25H24N4O3/c1-4-32-23-12-10-22(11-13-23)27-24(30)21(16-26)15-20-14-17(2)29(18(20)3)28-25(31)19-8-6-5-7-9-19/h5-15H,4H2,1-3H3,(H,27,30)(H,28,31)/b21-15-. The number of nitrogens with one attached hydrogen (secondary N) is 2. The van der Waals surface area contributed by atoms with Gasteiger partial charge in [-0.05, 0) is 74.9 Å². The van der Waals surface area contributed by atoms with Crippen LogP contribution in [0.15, 0.2) is 66.2 Å². The van der Waals surface area contributed by atoms with Crippen molar-refractivity contribution in [3.63, 3.8) is 0 Å². The number of aromatic nitrogens is 1. The molecule has 2 N–H and O–H groups in total. The normalized spacial score (nSPS) is 10.9. The summed E-state index contributed by atoms with van der Waals surface area (Å²) in [5.41, 5.74) is 6.01. The van der Waals surface area contributed by atoms with Gasteiger partial charge in [-0.1, -0.05) is 18.2 Å².